The maximum atomic E-state index is 12.6. The Morgan fingerprint density at radius 3 is 2.58 bits per heavy atom. The number of carbonyl (C=O) groups excluding carboxylic acids is 3. The number of alkyl halides is 2. The van der Waals surface area contributed by atoms with Gasteiger partial charge >= 0.3 is 6.61 Å². The van der Waals surface area contributed by atoms with E-state index >= 15 is 0 Å². The maximum absolute atomic E-state index is 12.6. The molecule has 1 fully saturated rings. The highest BCUT2D eigenvalue weighted by molar-refractivity contribution is 6.00. The Labute approximate surface area is 148 Å². The van der Waals surface area contributed by atoms with E-state index in [9.17, 15) is 23.2 Å². The maximum Gasteiger partial charge on any atom is 0.387 e. The molecule has 1 aromatic carbocycles. The monoisotopic (exact) mass is 370 g/mol. The molecule has 10 heteroatoms. The van der Waals surface area contributed by atoms with Crippen LogP contribution in [0.15, 0.2) is 24.3 Å². The van der Waals surface area contributed by atoms with Gasteiger partial charge in [-0.05, 0) is 37.1 Å². The van der Waals surface area contributed by atoms with Gasteiger partial charge in [0.25, 0.3) is 0 Å². The number of rotatable bonds is 7. The second-order valence-corrected chi connectivity index (χ2v) is 5.61. The first kappa shape index (κ1) is 19.6. The van der Waals surface area contributed by atoms with E-state index < -0.39 is 24.5 Å². The van der Waals surface area contributed by atoms with Gasteiger partial charge in [-0.1, -0.05) is 0 Å². The number of carbonyl (C=O) groups is 3. The number of nitrogens with zero attached hydrogens (tertiary/aromatic N) is 1. The zero-order valence-corrected chi connectivity index (χ0v) is 13.9. The molecule has 0 bridgehead atoms. The Hall–Kier alpha value is -2.75. The molecule has 0 saturated carbocycles. The van der Waals surface area contributed by atoms with Crippen molar-refractivity contribution in [3.63, 3.8) is 0 Å². The molecular formula is C16H20F2N4O4. The number of benzene rings is 1. The fraction of sp³-hybridized carbons (Fsp3) is 0.438. The molecule has 1 aromatic rings. The summed E-state index contributed by atoms with van der Waals surface area (Å²) in [6, 6.07) is 4.98. The molecule has 4 N–H and O–H groups in total. The van der Waals surface area contributed by atoms with E-state index in [0.717, 1.165) is 0 Å². The molecule has 1 aliphatic heterocycles. The number of anilines is 1. The van der Waals surface area contributed by atoms with Gasteiger partial charge in [-0.2, -0.15) is 8.78 Å². The summed E-state index contributed by atoms with van der Waals surface area (Å²) in [5.74, 6) is -1.28. The number of halogens is 2. The van der Waals surface area contributed by atoms with Gasteiger partial charge in [-0.3, -0.25) is 14.4 Å². The minimum absolute atomic E-state index is 0.00583. The van der Waals surface area contributed by atoms with Crippen LogP contribution in [0.2, 0.25) is 0 Å². The average molecular weight is 370 g/mol. The molecule has 0 aliphatic carbocycles. The van der Waals surface area contributed by atoms with Crippen LogP contribution in [-0.4, -0.2) is 50.0 Å². The molecule has 1 saturated heterocycles. The summed E-state index contributed by atoms with van der Waals surface area (Å²) in [4.78, 5) is 36.9. The Balaban J connectivity index is 1.96. The lowest BCUT2D eigenvalue weighted by molar-refractivity contribution is -0.129. The molecule has 0 aromatic heterocycles. The summed E-state index contributed by atoms with van der Waals surface area (Å²) in [6.45, 7) is -2.96. The lowest BCUT2D eigenvalue weighted by Gasteiger charge is -2.32. The molecule has 1 unspecified atom stereocenters. The largest absolute Gasteiger partial charge is 0.435 e. The van der Waals surface area contributed by atoms with E-state index in [-0.39, 0.29) is 24.7 Å². The highest BCUT2D eigenvalue weighted by Crippen LogP contribution is 2.24. The molecule has 0 radical (unpaired) electrons. The second kappa shape index (κ2) is 9.09. The van der Waals surface area contributed by atoms with Crippen molar-refractivity contribution in [1.29, 1.82) is 0 Å². The topological polar surface area (TPSA) is 114 Å². The third-order valence-electron chi connectivity index (χ3n) is 3.78. The van der Waals surface area contributed by atoms with Gasteiger partial charge in [0.05, 0.1) is 13.1 Å². The number of amides is 3. The number of piperidine rings is 1. The van der Waals surface area contributed by atoms with Crippen LogP contribution in [0.5, 0.6) is 5.75 Å². The van der Waals surface area contributed by atoms with Gasteiger partial charge in [-0.25, -0.2) is 0 Å². The normalized spacial score (nSPS) is 17.2. The van der Waals surface area contributed by atoms with Crippen molar-refractivity contribution in [2.75, 3.05) is 24.5 Å². The van der Waals surface area contributed by atoms with Crippen molar-refractivity contribution in [3.05, 3.63) is 24.3 Å². The molecule has 8 nitrogen and oxygen atoms in total. The first-order valence-corrected chi connectivity index (χ1v) is 8.03. The van der Waals surface area contributed by atoms with Crippen LogP contribution < -0.4 is 26.0 Å². The van der Waals surface area contributed by atoms with Crippen molar-refractivity contribution < 1.29 is 27.9 Å². The predicted octanol–water partition coefficient (Wildman–Crippen LogP) is -0.0255. The van der Waals surface area contributed by atoms with Crippen molar-refractivity contribution in [1.82, 2.24) is 10.6 Å². The highest BCUT2D eigenvalue weighted by Gasteiger charge is 2.30. The van der Waals surface area contributed by atoms with E-state index in [2.05, 4.69) is 15.4 Å². The van der Waals surface area contributed by atoms with Crippen molar-refractivity contribution in [2.24, 2.45) is 5.73 Å². The molecule has 1 atom stereocenters. The number of nitrogens with one attached hydrogen (secondary N) is 2. The fourth-order valence-corrected chi connectivity index (χ4v) is 2.57. The zero-order valence-electron chi connectivity index (χ0n) is 13.9. The highest BCUT2D eigenvalue weighted by atomic mass is 19.3. The van der Waals surface area contributed by atoms with Gasteiger partial charge in [0.1, 0.15) is 11.8 Å². The van der Waals surface area contributed by atoms with E-state index in [1.165, 1.54) is 29.2 Å². The lowest BCUT2D eigenvalue weighted by Crippen LogP contribution is -2.54. The molecule has 1 aliphatic rings. The lowest BCUT2D eigenvalue weighted by atomic mass is 10.0. The van der Waals surface area contributed by atoms with Crippen LogP contribution >= 0.6 is 0 Å². The Morgan fingerprint density at radius 1 is 1.27 bits per heavy atom. The Bertz CT molecular complexity index is 654. The van der Waals surface area contributed by atoms with E-state index in [1.807, 2.05) is 0 Å². The number of hydrogen-bond acceptors (Lipinski definition) is 5. The van der Waals surface area contributed by atoms with Crippen LogP contribution in [-0.2, 0) is 14.4 Å². The average Bonchev–Trinajstić information content (AvgIpc) is 2.62. The summed E-state index contributed by atoms with van der Waals surface area (Å²) < 4.78 is 28.6. The third kappa shape index (κ3) is 5.38. The first-order chi connectivity index (χ1) is 12.4. The van der Waals surface area contributed by atoms with Crippen LogP contribution in [0.3, 0.4) is 0 Å². The zero-order chi connectivity index (χ0) is 19.1. The molecule has 2 rings (SSSR count). The van der Waals surface area contributed by atoms with Crippen LogP contribution in [0.25, 0.3) is 0 Å². The molecule has 1 heterocycles. The summed E-state index contributed by atoms with van der Waals surface area (Å²) in [7, 11) is 0. The summed E-state index contributed by atoms with van der Waals surface area (Å²) in [6.07, 6.45) is 1.12. The first-order valence-electron chi connectivity index (χ1n) is 8.03. The van der Waals surface area contributed by atoms with Crippen molar-refractivity contribution in [2.45, 2.75) is 25.5 Å². The Kier molecular flexibility index (Phi) is 6.84. The number of ether oxygens (including phenoxy) is 1. The van der Waals surface area contributed by atoms with Crippen LogP contribution in [0.4, 0.5) is 14.5 Å². The van der Waals surface area contributed by atoms with Gasteiger partial charge < -0.3 is 26.0 Å². The van der Waals surface area contributed by atoms with Crippen molar-refractivity contribution in [3.8, 4) is 5.75 Å². The summed E-state index contributed by atoms with van der Waals surface area (Å²) in [5, 5.41) is 4.90. The fourth-order valence-electron chi connectivity index (χ4n) is 2.57. The van der Waals surface area contributed by atoms with Crippen molar-refractivity contribution >= 4 is 23.4 Å². The van der Waals surface area contributed by atoms with Gasteiger partial charge in [0.2, 0.25) is 17.7 Å². The van der Waals surface area contributed by atoms with Gasteiger partial charge in [0.15, 0.2) is 0 Å². The molecule has 3 amide bonds. The number of hydrogen-bond donors (Lipinski definition) is 3. The minimum atomic E-state index is -2.92. The van der Waals surface area contributed by atoms with E-state index in [0.29, 0.717) is 25.1 Å². The van der Waals surface area contributed by atoms with Gasteiger partial charge in [-0.15, -0.1) is 0 Å². The minimum Gasteiger partial charge on any atom is -0.435 e. The quantitative estimate of drug-likeness (QED) is 0.624. The predicted molar refractivity (Wildman–Crippen MR) is 88.7 cm³/mol. The summed E-state index contributed by atoms with van der Waals surface area (Å²) in [5.41, 5.74) is 5.65. The standard InChI is InChI=1S/C16H20F2N4O4/c17-16(18)26-11-5-3-10(4-6-11)22-7-1-2-12(15(22)25)21-14(24)9-20-13(23)8-19/h3-6,12,16H,1-2,7-9,19H2,(H,20,23)(H,21,24). The molecular weight excluding hydrogens is 350 g/mol. The Morgan fingerprint density at radius 2 is 1.96 bits per heavy atom. The van der Waals surface area contributed by atoms with E-state index in [4.69, 9.17) is 5.73 Å². The number of nitrogens with two attached hydrogens (primary N) is 1. The molecule has 0 spiro atoms. The SMILES string of the molecule is NCC(=O)NCC(=O)NC1CCCN(c2ccc(OC(F)F)cc2)C1=O. The molecule has 142 valence electrons. The second-order valence-electron chi connectivity index (χ2n) is 5.61. The van der Waals surface area contributed by atoms with Crippen LogP contribution in [0.1, 0.15) is 12.8 Å². The third-order valence-corrected chi connectivity index (χ3v) is 3.78. The van der Waals surface area contributed by atoms with E-state index in [1.54, 1.807) is 0 Å². The summed E-state index contributed by atoms with van der Waals surface area (Å²) >= 11 is 0. The van der Waals surface area contributed by atoms with Crippen LogP contribution in [0, 0.1) is 0 Å². The molecule has 26 heavy (non-hydrogen) atoms. The van der Waals surface area contributed by atoms with Gasteiger partial charge in [0, 0.05) is 12.2 Å². The smallest absolute Gasteiger partial charge is 0.387 e.